The molecule has 2 fully saturated rings. The van der Waals surface area contributed by atoms with E-state index in [4.69, 9.17) is 0 Å². The van der Waals surface area contributed by atoms with Gasteiger partial charge in [-0.15, -0.1) is 5.10 Å². The van der Waals surface area contributed by atoms with Crippen LogP contribution in [0, 0.1) is 0 Å². The summed E-state index contributed by atoms with van der Waals surface area (Å²) in [7, 11) is 0. The molecule has 0 saturated heterocycles. The smallest absolute Gasteiger partial charge is 0.267 e. The Hall–Kier alpha value is -2.06. The molecule has 2 aliphatic rings. The molecule has 0 bridgehead atoms. The molecule has 2 N–H and O–H groups in total. The summed E-state index contributed by atoms with van der Waals surface area (Å²) in [5.74, 6) is 0.604. The first-order chi connectivity index (χ1) is 13.1. The van der Waals surface area contributed by atoms with Crippen LogP contribution in [-0.4, -0.2) is 47.8 Å². The fraction of sp³-hybridized carbons (Fsp3) is 0.684. The van der Waals surface area contributed by atoms with Crippen LogP contribution in [0.2, 0.25) is 0 Å². The molecule has 0 radical (unpaired) electrons. The van der Waals surface area contributed by atoms with Crippen molar-refractivity contribution in [3.05, 3.63) is 35.1 Å². The summed E-state index contributed by atoms with van der Waals surface area (Å²) < 4.78 is 3.16. The second-order valence-corrected chi connectivity index (χ2v) is 7.99. The molecule has 0 atom stereocenters. The lowest BCUT2D eigenvalue weighted by Crippen LogP contribution is -2.47. The molecule has 2 heterocycles. The summed E-state index contributed by atoms with van der Waals surface area (Å²) in [6, 6.07) is 3.73. The van der Waals surface area contributed by atoms with E-state index < -0.39 is 5.60 Å². The third kappa shape index (κ3) is 4.27. The van der Waals surface area contributed by atoms with Crippen molar-refractivity contribution < 1.29 is 5.11 Å². The fourth-order valence-electron chi connectivity index (χ4n) is 4.37. The summed E-state index contributed by atoms with van der Waals surface area (Å²) in [6.45, 7) is 0.683. The molecular formula is C19H28N6O2. The van der Waals surface area contributed by atoms with E-state index in [2.05, 4.69) is 20.5 Å². The number of nitrogens with one attached hydrogen (secondary N) is 1. The SMILES string of the molecule is O=c1ccc(-n2cncn2)nn1C1CCC(NCC2(O)CCCCC2)CC1. The predicted octanol–water partition coefficient (Wildman–Crippen LogP) is 1.59. The van der Waals surface area contributed by atoms with Gasteiger partial charge in [0.25, 0.3) is 5.56 Å². The second kappa shape index (κ2) is 7.90. The first-order valence-corrected chi connectivity index (χ1v) is 10.0. The average molecular weight is 372 g/mol. The van der Waals surface area contributed by atoms with E-state index in [1.165, 1.54) is 12.7 Å². The first kappa shape index (κ1) is 18.3. The van der Waals surface area contributed by atoms with Gasteiger partial charge in [0.2, 0.25) is 0 Å². The Morgan fingerprint density at radius 3 is 2.63 bits per heavy atom. The van der Waals surface area contributed by atoms with Crippen molar-refractivity contribution in [2.45, 2.75) is 75.5 Å². The Morgan fingerprint density at radius 1 is 1.15 bits per heavy atom. The quantitative estimate of drug-likeness (QED) is 0.827. The normalized spacial score (nSPS) is 25.4. The van der Waals surface area contributed by atoms with Gasteiger partial charge >= 0.3 is 0 Å². The van der Waals surface area contributed by atoms with Crippen molar-refractivity contribution in [2.75, 3.05) is 6.54 Å². The lowest BCUT2D eigenvalue weighted by atomic mass is 9.84. The van der Waals surface area contributed by atoms with Crippen molar-refractivity contribution in [2.24, 2.45) is 0 Å². The van der Waals surface area contributed by atoms with E-state index in [1.54, 1.807) is 27.8 Å². The Bertz CT molecular complexity index is 789. The van der Waals surface area contributed by atoms with Crippen LogP contribution in [0.15, 0.2) is 29.6 Å². The lowest BCUT2D eigenvalue weighted by Gasteiger charge is -2.36. The molecule has 2 saturated carbocycles. The topological polar surface area (TPSA) is 97.9 Å². The van der Waals surface area contributed by atoms with Gasteiger partial charge in [-0.3, -0.25) is 4.79 Å². The van der Waals surface area contributed by atoms with E-state index in [9.17, 15) is 9.90 Å². The van der Waals surface area contributed by atoms with Gasteiger partial charge in [-0.25, -0.2) is 14.3 Å². The highest BCUT2D eigenvalue weighted by molar-refractivity contribution is 5.16. The molecule has 0 aliphatic heterocycles. The van der Waals surface area contributed by atoms with Gasteiger partial charge in [-0.05, 0) is 44.6 Å². The van der Waals surface area contributed by atoms with Gasteiger partial charge in [0.15, 0.2) is 5.82 Å². The third-order valence-electron chi connectivity index (χ3n) is 6.01. The van der Waals surface area contributed by atoms with Gasteiger partial charge in [-0.1, -0.05) is 19.3 Å². The molecule has 0 spiro atoms. The molecule has 2 aromatic heterocycles. The van der Waals surface area contributed by atoms with Crippen molar-refractivity contribution in [3.63, 3.8) is 0 Å². The molecule has 27 heavy (non-hydrogen) atoms. The monoisotopic (exact) mass is 372 g/mol. The summed E-state index contributed by atoms with van der Waals surface area (Å²) >= 11 is 0. The highest BCUT2D eigenvalue weighted by Crippen LogP contribution is 2.30. The molecule has 146 valence electrons. The van der Waals surface area contributed by atoms with Crippen LogP contribution in [0.5, 0.6) is 0 Å². The maximum Gasteiger partial charge on any atom is 0.267 e. The fourth-order valence-corrected chi connectivity index (χ4v) is 4.37. The van der Waals surface area contributed by atoms with Gasteiger partial charge in [-0.2, -0.15) is 5.10 Å². The molecular weight excluding hydrogens is 344 g/mol. The number of hydrogen-bond acceptors (Lipinski definition) is 6. The maximum atomic E-state index is 12.3. The minimum absolute atomic E-state index is 0.0770. The highest BCUT2D eigenvalue weighted by atomic mass is 16.3. The number of nitrogens with zero attached hydrogens (tertiary/aromatic N) is 5. The van der Waals surface area contributed by atoms with Crippen LogP contribution in [0.1, 0.15) is 63.8 Å². The average Bonchev–Trinajstić information content (AvgIpc) is 3.23. The van der Waals surface area contributed by atoms with E-state index in [1.807, 2.05) is 0 Å². The van der Waals surface area contributed by atoms with Crippen LogP contribution < -0.4 is 10.9 Å². The zero-order valence-corrected chi connectivity index (χ0v) is 15.6. The van der Waals surface area contributed by atoms with Crippen molar-refractivity contribution in [3.8, 4) is 5.82 Å². The highest BCUT2D eigenvalue weighted by Gasteiger charge is 2.31. The van der Waals surface area contributed by atoms with Crippen molar-refractivity contribution in [1.29, 1.82) is 0 Å². The summed E-state index contributed by atoms with van der Waals surface area (Å²) in [6.07, 6.45) is 12.1. The van der Waals surface area contributed by atoms with E-state index >= 15 is 0 Å². The molecule has 2 aromatic rings. The Kier molecular flexibility index (Phi) is 5.36. The van der Waals surface area contributed by atoms with Gasteiger partial charge in [0.1, 0.15) is 12.7 Å². The van der Waals surface area contributed by atoms with Crippen LogP contribution in [-0.2, 0) is 0 Å². The molecule has 4 rings (SSSR count). The first-order valence-electron chi connectivity index (χ1n) is 10.0. The standard InChI is InChI=1S/C19H28N6O2/c26-18-9-8-17(24-14-20-13-22-24)23-25(18)16-6-4-15(5-7-16)21-12-19(27)10-2-1-3-11-19/h8-9,13-16,21,27H,1-7,10-12H2. The zero-order valence-electron chi connectivity index (χ0n) is 15.6. The molecule has 2 aliphatic carbocycles. The number of aromatic nitrogens is 5. The van der Waals surface area contributed by atoms with Gasteiger partial charge in [0.05, 0.1) is 11.6 Å². The lowest BCUT2D eigenvalue weighted by molar-refractivity contribution is 0.00127. The van der Waals surface area contributed by atoms with E-state index in [0.717, 1.165) is 51.4 Å². The summed E-state index contributed by atoms with van der Waals surface area (Å²) in [5.41, 5.74) is -0.605. The summed E-state index contributed by atoms with van der Waals surface area (Å²) in [4.78, 5) is 16.2. The van der Waals surface area contributed by atoms with Gasteiger partial charge < -0.3 is 10.4 Å². The maximum absolute atomic E-state index is 12.3. The third-order valence-corrected chi connectivity index (χ3v) is 6.01. The molecule has 8 heteroatoms. The minimum Gasteiger partial charge on any atom is -0.389 e. The largest absolute Gasteiger partial charge is 0.389 e. The Balaban J connectivity index is 1.35. The van der Waals surface area contributed by atoms with E-state index in [0.29, 0.717) is 18.4 Å². The zero-order chi connectivity index (χ0) is 18.7. The number of hydrogen-bond donors (Lipinski definition) is 2. The Morgan fingerprint density at radius 2 is 1.93 bits per heavy atom. The van der Waals surface area contributed by atoms with Crippen molar-refractivity contribution >= 4 is 0 Å². The predicted molar refractivity (Wildman–Crippen MR) is 101 cm³/mol. The van der Waals surface area contributed by atoms with Crippen molar-refractivity contribution in [1.82, 2.24) is 29.9 Å². The van der Waals surface area contributed by atoms with Crippen LogP contribution in [0.3, 0.4) is 0 Å². The number of aliphatic hydroxyl groups is 1. The molecule has 0 aromatic carbocycles. The second-order valence-electron chi connectivity index (χ2n) is 7.99. The number of rotatable bonds is 5. The van der Waals surface area contributed by atoms with Gasteiger partial charge in [0, 0.05) is 18.7 Å². The van der Waals surface area contributed by atoms with Crippen LogP contribution in [0.4, 0.5) is 0 Å². The minimum atomic E-state index is -0.528. The van der Waals surface area contributed by atoms with Crippen LogP contribution >= 0.6 is 0 Å². The van der Waals surface area contributed by atoms with E-state index in [-0.39, 0.29) is 11.6 Å². The molecule has 0 unspecified atom stereocenters. The summed E-state index contributed by atoms with van der Waals surface area (Å²) in [5, 5.41) is 22.8. The molecule has 8 nitrogen and oxygen atoms in total. The molecule has 0 amide bonds. The Labute approximate surface area is 158 Å². The van der Waals surface area contributed by atoms with Crippen LogP contribution in [0.25, 0.3) is 5.82 Å².